The zero-order valence-corrected chi connectivity index (χ0v) is 18.3. The summed E-state index contributed by atoms with van der Waals surface area (Å²) in [6, 6.07) is 3.97. The highest BCUT2D eigenvalue weighted by Gasteiger charge is 2.22. The number of guanidine groups is 1. The monoisotopic (exact) mass is 487 g/mol. The van der Waals surface area contributed by atoms with Crippen LogP contribution in [0.2, 0.25) is 0 Å². The first-order chi connectivity index (χ1) is 12.3. The van der Waals surface area contributed by atoms with Crippen molar-refractivity contribution >= 4 is 41.3 Å². The van der Waals surface area contributed by atoms with Crippen LogP contribution in [-0.4, -0.2) is 29.6 Å². The number of aromatic nitrogens is 2. The molecule has 0 radical (unpaired) electrons. The Morgan fingerprint density at radius 2 is 2.12 bits per heavy atom. The number of nitrogens with zero attached hydrogens (tertiary/aromatic N) is 3. The zero-order valence-electron chi connectivity index (χ0n) is 15.2. The first-order valence-electron chi connectivity index (χ1n) is 8.72. The average Bonchev–Trinajstić information content (AvgIpc) is 3.37. The summed E-state index contributed by atoms with van der Waals surface area (Å²) >= 11 is 1.73. The molecule has 26 heavy (non-hydrogen) atoms. The Morgan fingerprint density at radius 3 is 2.81 bits per heavy atom. The maximum absolute atomic E-state index is 5.73. The van der Waals surface area contributed by atoms with Crippen molar-refractivity contribution in [2.45, 2.75) is 39.3 Å². The number of hydrogen-bond acceptors (Lipinski definition) is 5. The van der Waals surface area contributed by atoms with Crippen LogP contribution in [0.4, 0.5) is 0 Å². The van der Waals surface area contributed by atoms with E-state index in [-0.39, 0.29) is 24.0 Å². The summed E-state index contributed by atoms with van der Waals surface area (Å²) < 4.78 is 5.73. The second-order valence-electron chi connectivity index (χ2n) is 6.11. The lowest BCUT2D eigenvalue weighted by molar-refractivity contribution is 0.288. The van der Waals surface area contributed by atoms with Crippen LogP contribution in [-0.2, 0) is 19.5 Å². The number of halogens is 1. The highest BCUT2D eigenvalue weighted by atomic mass is 127. The first-order valence-corrected chi connectivity index (χ1v) is 9.54. The molecular weight excluding hydrogens is 461 g/mol. The number of pyridine rings is 1. The molecule has 0 bridgehead atoms. The van der Waals surface area contributed by atoms with E-state index in [4.69, 9.17) is 4.74 Å². The largest absolute Gasteiger partial charge is 0.477 e. The van der Waals surface area contributed by atoms with E-state index in [0.717, 1.165) is 35.5 Å². The van der Waals surface area contributed by atoms with E-state index < -0.39 is 0 Å². The van der Waals surface area contributed by atoms with Gasteiger partial charge in [0.1, 0.15) is 5.01 Å². The van der Waals surface area contributed by atoms with Crippen LogP contribution in [0.5, 0.6) is 5.88 Å². The normalized spacial score (nSPS) is 13.8. The smallest absolute Gasteiger partial charge is 0.213 e. The summed E-state index contributed by atoms with van der Waals surface area (Å²) in [5.41, 5.74) is 1.12. The summed E-state index contributed by atoms with van der Waals surface area (Å²) in [5, 5.41) is 7.68. The van der Waals surface area contributed by atoms with Gasteiger partial charge in [0.2, 0.25) is 5.88 Å². The fourth-order valence-electron chi connectivity index (χ4n) is 2.29. The Bertz CT molecular complexity index is 717. The van der Waals surface area contributed by atoms with E-state index in [9.17, 15) is 0 Å². The number of ether oxygens (including phenoxy) is 1. The van der Waals surface area contributed by atoms with Crippen LogP contribution >= 0.6 is 35.3 Å². The molecule has 0 atom stereocenters. The summed E-state index contributed by atoms with van der Waals surface area (Å²) in [4.78, 5) is 14.2. The summed E-state index contributed by atoms with van der Waals surface area (Å²) in [7, 11) is 1.77. The Hall–Kier alpha value is -1.42. The molecule has 8 heteroatoms. The van der Waals surface area contributed by atoms with Crippen molar-refractivity contribution in [2.75, 3.05) is 13.7 Å². The van der Waals surface area contributed by atoms with E-state index in [0.29, 0.717) is 19.0 Å². The quantitative estimate of drug-likeness (QED) is 0.340. The van der Waals surface area contributed by atoms with E-state index >= 15 is 0 Å². The number of rotatable bonds is 8. The Kier molecular flexibility index (Phi) is 8.56. The molecule has 1 aliphatic rings. The fraction of sp³-hybridized carbons (Fsp3) is 0.500. The topological polar surface area (TPSA) is 71.4 Å². The second kappa shape index (κ2) is 10.7. The van der Waals surface area contributed by atoms with Gasteiger partial charge in [-0.25, -0.2) is 9.97 Å². The highest BCUT2D eigenvalue weighted by molar-refractivity contribution is 14.0. The molecule has 0 aromatic carbocycles. The Labute approximate surface area is 175 Å². The van der Waals surface area contributed by atoms with Gasteiger partial charge in [0.15, 0.2) is 5.96 Å². The number of hydrogen-bond donors (Lipinski definition) is 2. The third kappa shape index (κ3) is 6.71. The van der Waals surface area contributed by atoms with Crippen LogP contribution < -0.4 is 15.4 Å². The van der Waals surface area contributed by atoms with Gasteiger partial charge >= 0.3 is 0 Å². The minimum Gasteiger partial charge on any atom is -0.477 e. The Morgan fingerprint density at radius 1 is 1.31 bits per heavy atom. The van der Waals surface area contributed by atoms with Crippen LogP contribution in [0.3, 0.4) is 0 Å². The summed E-state index contributed by atoms with van der Waals surface area (Å²) in [5.74, 6) is 2.18. The van der Waals surface area contributed by atoms with Gasteiger partial charge in [0.05, 0.1) is 13.2 Å². The average molecular weight is 487 g/mol. The van der Waals surface area contributed by atoms with Gasteiger partial charge < -0.3 is 15.4 Å². The second-order valence-corrected chi connectivity index (χ2v) is 7.31. The van der Waals surface area contributed by atoms with Gasteiger partial charge in [-0.3, -0.25) is 4.99 Å². The highest BCUT2D eigenvalue weighted by Crippen LogP contribution is 2.29. The van der Waals surface area contributed by atoms with Gasteiger partial charge in [0, 0.05) is 36.9 Å². The molecule has 1 fully saturated rings. The van der Waals surface area contributed by atoms with Crippen molar-refractivity contribution < 1.29 is 4.74 Å². The molecule has 0 amide bonds. The van der Waals surface area contributed by atoms with Crippen LogP contribution in [0, 0.1) is 5.92 Å². The van der Waals surface area contributed by atoms with Gasteiger partial charge in [0.25, 0.3) is 0 Å². The van der Waals surface area contributed by atoms with E-state index in [1.807, 2.05) is 18.3 Å². The number of aliphatic imine (C=N–C) groups is 1. The molecule has 0 spiro atoms. The third-order valence-electron chi connectivity index (χ3n) is 4.00. The van der Waals surface area contributed by atoms with E-state index in [1.54, 1.807) is 24.6 Å². The lowest BCUT2D eigenvalue weighted by atomic mass is 10.2. The third-order valence-corrected chi connectivity index (χ3v) is 5.15. The molecule has 0 aliphatic heterocycles. The first kappa shape index (κ1) is 20.9. The predicted octanol–water partition coefficient (Wildman–Crippen LogP) is 3.37. The molecule has 1 saturated carbocycles. The molecule has 1 aliphatic carbocycles. The van der Waals surface area contributed by atoms with Gasteiger partial charge in [-0.1, -0.05) is 6.92 Å². The molecule has 142 valence electrons. The standard InChI is InChI=1S/C18H25N5OS.HI/c1-3-15-10-21-17(25-15)11-23-18(19-2)22-9-14-6-7-20-16(8-14)24-12-13-4-5-13;/h6-8,10,13H,3-5,9,11-12H2,1-2H3,(H2,19,22,23);1H. The van der Waals surface area contributed by atoms with Crippen molar-refractivity contribution in [2.24, 2.45) is 10.9 Å². The maximum Gasteiger partial charge on any atom is 0.213 e. The van der Waals surface area contributed by atoms with Crippen molar-refractivity contribution in [3.63, 3.8) is 0 Å². The van der Waals surface area contributed by atoms with Crippen molar-refractivity contribution in [1.82, 2.24) is 20.6 Å². The molecule has 0 saturated heterocycles. The molecule has 2 N–H and O–H groups in total. The lowest BCUT2D eigenvalue weighted by Crippen LogP contribution is -2.36. The fourth-order valence-corrected chi connectivity index (χ4v) is 3.09. The summed E-state index contributed by atoms with van der Waals surface area (Å²) in [6.45, 7) is 4.26. The van der Waals surface area contributed by atoms with Crippen molar-refractivity contribution in [3.05, 3.63) is 40.0 Å². The van der Waals surface area contributed by atoms with Crippen LogP contribution in [0.15, 0.2) is 29.5 Å². The lowest BCUT2D eigenvalue weighted by Gasteiger charge is -2.11. The van der Waals surface area contributed by atoms with E-state index in [1.165, 1.54) is 17.7 Å². The number of thiazole rings is 1. The molecule has 2 heterocycles. The predicted molar refractivity (Wildman–Crippen MR) is 116 cm³/mol. The molecule has 6 nitrogen and oxygen atoms in total. The van der Waals surface area contributed by atoms with Gasteiger partial charge in [-0.15, -0.1) is 35.3 Å². The van der Waals surface area contributed by atoms with E-state index in [2.05, 4.69) is 32.5 Å². The Balaban J connectivity index is 0.00000243. The number of aryl methyl sites for hydroxylation is 1. The van der Waals surface area contributed by atoms with Gasteiger partial charge in [-0.2, -0.15) is 0 Å². The van der Waals surface area contributed by atoms with Crippen LogP contribution in [0.1, 0.15) is 35.2 Å². The molecule has 2 aromatic rings. The van der Waals surface area contributed by atoms with Crippen molar-refractivity contribution in [3.8, 4) is 5.88 Å². The van der Waals surface area contributed by atoms with Crippen LogP contribution in [0.25, 0.3) is 0 Å². The number of nitrogens with one attached hydrogen (secondary N) is 2. The molecule has 3 rings (SSSR count). The minimum atomic E-state index is 0. The SMILES string of the molecule is CCc1cnc(CNC(=NC)NCc2ccnc(OCC3CC3)c2)s1.I. The minimum absolute atomic E-state index is 0. The molecule has 0 unspecified atom stereocenters. The summed E-state index contributed by atoms with van der Waals surface area (Å²) in [6.07, 6.45) is 7.32. The zero-order chi connectivity index (χ0) is 17.5. The van der Waals surface area contributed by atoms with Gasteiger partial charge in [-0.05, 0) is 36.8 Å². The maximum atomic E-state index is 5.73. The van der Waals surface area contributed by atoms with Crippen molar-refractivity contribution in [1.29, 1.82) is 0 Å². The molecular formula is C18H26IN5OS. The molecule has 2 aromatic heterocycles.